The molecule has 0 radical (unpaired) electrons. The first kappa shape index (κ1) is 31.4. The van der Waals surface area contributed by atoms with Crippen molar-refractivity contribution in [2.75, 3.05) is 0 Å². The van der Waals surface area contributed by atoms with Crippen molar-refractivity contribution < 1.29 is 32.3 Å². The zero-order chi connectivity index (χ0) is 29.7. The summed E-state index contributed by atoms with van der Waals surface area (Å²) in [5.74, 6) is 0.973. The third-order valence-electron chi connectivity index (χ3n) is 5.96. The van der Waals surface area contributed by atoms with E-state index in [0.717, 1.165) is 16.7 Å². The Kier molecular flexibility index (Phi) is 12.0. The number of phosphoric acid groups is 1. The number of hydrogen-bond donors (Lipinski definition) is 0. The standard InChI is InChI=1S/C33H39O7P/c1-7-22-35-25(4)28-10-16-31(17-11-28)38-41(34,39-32-18-12-29(13-19-32)26(5)36-23-8-2)40-33-20-14-30(15-21-33)27(6)37-24-9-3/h7-27H,1-6H3/b22-7+,23-8+,24-9+. The van der Waals surface area contributed by atoms with E-state index in [1.807, 2.05) is 96.2 Å². The Balaban J connectivity index is 1.83. The lowest BCUT2D eigenvalue weighted by molar-refractivity contribution is 0.163. The van der Waals surface area contributed by atoms with Crippen molar-refractivity contribution in [1.82, 2.24) is 0 Å². The lowest BCUT2D eigenvalue weighted by Crippen LogP contribution is -2.08. The van der Waals surface area contributed by atoms with Gasteiger partial charge in [-0.1, -0.05) is 54.6 Å². The smallest absolute Gasteiger partial charge is 0.494 e. The highest BCUT2D eigenvalue weighted by Gasteiger charge is 2.33. The van der Waals surface area contributed by atoms with Gasteiger partial charge in [-0.05, 0) is 94.6 Å². The molecule has 0 saturated heterocycles. The van der Waals surface area contributed by atoms with Crippen molar-refractivity contribution in [3.8, 4) is 17.2 Å². The van der Waals surface area contributed by atoms with Crippen LogP contribution in [0.5, 0.6) is 17.2 Å². The molecule has 0 N–H and O–H groups in total. The molecule has 0 bridgehead atoms. The van der Waals surface area contributed by atoms with Crippen LogP contribution in [0.3, 0.4) is 0 Å². The van der Waals surface area contributed by atoms with Gasteiger partial charge in [0.2, 0.25) is 0 Å². The first-order chi connectivity index (χ1) is 19.8. The predicted molar refractivity (Wildman–Crippen MR) is 162 cm³/mol. The molecule has 0 fully saturated rings. The Morgan fingerprint density at radius 1 is 0.488 bits per heavy atom. The van der Waals surface area contributed by atoms with Crippen molar-refractivity contribution in [1.29, 1.82) is 0 Å². The van der Waals surface area contributed by atoms with E-state index < -0.39 is 7.82 Å². The van der Waals surface area contributed by atoms with Crippen LogP contribution in [0.4, 0.5) is 0 Å². The summed E-state index contributed by atoms with van der Waals surface area (Å²) in [6.45, 7) is 11.5. The predicted octanol–water partition coefficient (Wildman–Crippen LogP) is 10.2. The molecule has 3 aromatic carbocycles. The molecule has 0 aromatic heterocycles. The number of ether oxygens (including phenoxy) is 3. The Hall–Kier alpha value is -4.09. The largest absolute Gasteiger partial charge is 0.647 e. The van der Waals surface area contributed by atoms with Gasteiger partial charge >= 0.3 is 7.82 Å². The van der Waals surface area contributed by atoms with Crippen molar-refractivity contribution in [3.63, 3.8) is 0 Å². The van der Waals surface area contributed by atoms with Crippen LogP contribution < -0.4 is 13.6 Å². The maximum atomic E-state index is 14.0. The van der Waals surface area contributed by atoms with E-state index in [-0.39, 0.29) is 18.3 Å². The van der Waals surface area contributed by atoms with Gasteiger partial charge in [0.25, 0.3) is 0 Å². The van der Waals surface area contributed by atoms with E-state index in [4.69, 9.17) is 27.8 Å². The number of phosphoric ester groups is 1. The minimum Gasteiger partial charge on any atom is -0.494 e. The summed E-state index contributed by atoms with van der Waals surface area (Å²) < 4.78 is 48.5. The van der Waals surface area contributed by atoms with Crippen molar-refractivity contribution in [3.05, 3.63) is 127 Å². The fourth-order valence-electron chi connectivity index (χ4n) is 3.67. The monoisotopic (exact) mass is 578 g/mol. The van der Waals surface area contributed by atoms with Gasteiger partial charge in [0.15, 0.2) is 0 Å². The fraction of sp³-hybridized carbons (Fsp3) is 0.273. The first-order valence-corrected chi connectivity index (χ1v) is 15.0. The molecule has 3 rings (SSSR count). The average Bonchev–Trinajstić information content (AvgIpc) is 2.98. The highest BCUT2D eigenvalue weighted by Crippen LogP contribution is 2.50. The molecule has 3 atom stereocenters. The summed E-state index contributed by atoms with van der Waals surface area (Å²) in [5, 5.41) is 0. The lowest BCUT2D eigenvalue weighted by Gasteiger charge is -2.21. The maximum Gasteiger partial charge on any atom is 0.647 e. The van der Waals surface area contributed by atoms with Gasteiger partial charge in [-0.15, -0.1) is 0 Å². The second-order valence-corrected chi connectivity index (χ2v) is 10.6. The van der Waals surface area contributed by atoms with Crippen LogP contribution in [-0.2, 0) is 18.8 Å². The molecule has 7 nitrogen and oxygen atoms in total. The molecule has 218 valence electrons. The van der Waals surface area contributed by atoms with Gasteiger partial charge in [-0.25, -0.2) is 0 Å². The summed E-state index contributed by atoms with van der Waals surface area (Å²) >= 11 is 0. The van der Waals surface area contributed by atoms with Crippen molar-refractivity contribution >= 4 is 7.82 Å². The van der Waals surface area contributed by atoms with Gasteiger partial charge in [-0.2, -0.15) is 4.57 Å². The molecule has 0 aliphatic rings. The van der Waals surface area contributed by atoms with E-state index in [0.29, 0.717) is 17.2 Å². The summed E-state index contributed by atoms with van der Waals surface area (Å²) in [5.41, 5.74) is 2.80. The van der Waals surface area contributed by atoms with Gasteiger partial charge in [0.05, 0.1) is 18.8 Å². The molecule has 0 spiro atoms. The van der Waals surface area contributed by atoms with Crippen LogP contribution in [0.15, 0.2) is 110 Å². The molecule has 0 aliphatic heterocycles. The lowest BCUT2D eigenvalue weighted by atomic mass is 10.1. The summed E-state index contributed by atoms with van der Waals surface area (Å²) in [4.78, 5) is 0. The fourth-order valence-corrected chi connectivity index (χ4v) is 4.92. The molecular formula is C33H39O7P. The van der Waals surface area contributed by atoms with E-state index in [1.165, 1.54) is 0 Å². The second kappa shape index (κ2) is 15.6. The Bertz CT molecular complexity index is 1160. The molecule has 0 saturated carbocycles. The molecule has 3 unspecified atom stereocenters. The molecule has 41 heavy (non-hydrogen) atoms. The van der Waals surface area contributed by atoms with Gasteiger partial charge < -0.3 is 27.8 Å². The third kappa shape index (κ3) is 9.80. The molecular weight excluding hydrogens is 539 g/mol. The molecule has 0 amide bonds. The van der Waals surface area contributed by atoms with Crippen LogP contribution in [0.25, 0.3) is 0 Å². The highest BCUT2D eigenvalue weighted by molar-refractivity contribution is 7.49. The minimum absolute atomic E-state index is 0.157. The van der Waals surface area contributed by atoms with E-state index in [2.05, 4.69) is 0 Å². The summed E-state index contributed by atoms with van der Waals surface area (Å²) in [6.07, 6.45) is 9.92. The Morgan fingerprint density at radius 2 is 0.732 bits per heavy atom. The molecule has 0 heterocycles. The minimum atomic E-state index is -4.18. The normalized spacial score (nSPS) is 15.3. The van der Waals surface area contributed by atoms with Crippen molar-refractivity contribution in [2.45, 2.75) is 59.9 Å². The van der Waals surface area contributed by atoms with E-state index in [9.17, 15) is 4.57 Å². The zero-order valence-electron chi connectivity index (χ0n) is 24.4. The Morgan fingerprint density at radius 3 is 0.951 bits per heavy atom. The van der Waals surface area contributed by atoms with Gasteiger partial charge in [0, 0.05) is 0 Å². The van der Waals surface area contributed by atoms with Crippen LogP contribution in [0, 0.1) is 0 Å². The number of benzene rings is 3. The molecule has 8 heteroatoms. The molecule has 0 aliphatic carbocycles. The van der Waals surface area contributed by atoms with E-state index >= 15 is 0 Å². The van der Waals surface area contributed by atoms with Gasteiger partial charge in [0.1, 0.15) is 35.6 Å². The maximum absolute atomic E-state index is 14.0. The molecule has 3 aromatic rings. The van der Waals surface area contributed by atoms with Crippen molar-refractivity contribution in [2.24, 2.45) is 0 Å². The topological polar surface area (TPSA) is 72.5 Å². The van der Waals surface area contributed by atoms with Crippen LogP contribution in [0.2, 0.25) is 0 Å². The van der Waals surface area contributed by atoms with Gasteiger partial charge in [-0.3, -0.25) is 0 Å². The zero-order valence-corrected chi connectivity index (χ0v) is 25.3. The highest BCUT2D eigenvalue weighted by atomic mass is 31.2. The number of allylic oxidation sites excluding steroid dienone is 3. The second-order valence-electron chi connectivity index (χ2n) is 9.17. The quantitative estimate of drug-likeness (QED) is 0.131. The third-order valence-corrected chi connectivity index (χ3v) is 7.26. The summed E-state index contributed by atoms with van der Waals surface area (Å²) in [7, 11) is -4.18. The number of hydrogen-bond acceptors (Lipinski definition) is 7. The Labute approximate surface area is 243 Å². The van der Waals surface area contributed by atoms with Crippen LogP contribution in [-0.4, -0.2) is 0 Å². The van der Waals surface area contributed by atoms with Crippen LogP contribution >= 0.6 is 7.82 Å². The number of rotatable bonds is 15. The van der Waals surface area contributed by atoms with Crippen LogP contribution in [0.1, 0.15) is 76.5 Å². The average molecular weight is 579 g/mol. The van der Waals surface area contributed by atoms with E-state index in [1.54, 1.807) is 55.2 Å². The summed E-state index contributed by atoms with van der Waals surface area (Å²) in [6, 6.07) is 21.3. The SMILES string of the molecule is C/C=C/OC(C)c1ccc(OP(=O)(Oc2ccc(C(C)O/C=C/C)cc2)Oc2ccc(C(C)O/C=C/C)cc2)cc1. The first-order valence-electron chi connectivity index (χ1n) is 13.6.